The molecular formula is C13H15N3O5. The molecular weight excluding hydrogens is 278 g/mol. The minimum Gasteiger partial charge on any atom is -0.392 e. The Bertz CT molecular complexity index is 567. The van der Waals surface area contributed by atoms with Gasteiger partial charge in [-0.1, -0.05) is 12.5 Å². The van der Waals surface area contributed by atoms with Gasteiger partial charge in [-0.2, -0.15) is 0 Å². The first-order valence-corrected chi connectivity index (χ1v) is 6.06. The fourth-order valence-electron chi connectivity index (χ4n) is 2.35. The number of amides is 2. The van der Waals surface area contributed by atoms with Crippen LogP contribution in [0.15, 0.2) is 24.7 Å². The topological polar surface area (TPSA) is 125 Å². The third kappa shape index (κ3) is 2.27. The molecule has 112 valence electrons. The van der Waals surface area contributed by atoms with Gasteiger partial charge in [0.05, 0.1) is 6.61 Å². The number of hydrogen-bond donors (Lipinski definition) is 4. The molecule has 0 aromatic rings. The molecule has 0 radical (unpaired) electrons. The van der Waals surface area contributed by atoms with Crippen LogP contribution >= 0.6 is 0 Å². The first kappa shape index (κ1) is 15.1. The van der Waals surface area contributed by atoms with Crippen molar-refractivity contribution in [3.63, 3.8) is 0 Å². The van der Waals surface area contributed by atoms with E-state index >= 15 is 0 Å². The molecule has 8 nitrogen and oxygen atoms in total. The van der Waals surface area contributed by atoms with Crippen LogP contribution in [0.3, 0.4) is 0 Å². The molecule has 2 aliphatic rings. The van der Waals surface area contributed by atoms with Gasteiger partial charge >= 0.3 is 0 Å². The minimum absolute atomic E-state index is 0.136. The quantitative estimate of drug-likeness (QED) is 0.429. The Morgan fingerprint density at radius 3 is 2.86 bits per heavy atom. The molecule has 1 saturated heterocycles. The second-order valence-corrected chi connectivity index (χ2v) is 4.73. The second-order valence-electron chi connectivity index (χ2n) is 4.73. The van der Waals surface area contributed by atoms with Crippen LogP contribution in [-0.2, 0) is 14.3 Å². The molecule has 21 heavy (non-hydrogen) atoms. The zero-order valence-electron chi connectivity index (χ0n) is 11.0. The first-order valence-electron chi connectivity index (χ1n) is 6.06. The maximum Gasteiger partial charge on any atom is 0.250 e. The predicted octanol–water partition coefficient (Wildman–Crippen LogP) is -2.41. The number of nitrogens with zero attached hydrogens (tertiary/aromatic N) is 1. The van der Waals surface area contributed by atoms with Crippen LogP contribution in [0.4, 0.5) is 0 Å². The van der Waals surface area contributed by atoms with Crippen LogP contribution in [0.5, 0.6) is 0 Å². The lowest BCUT2D eigenvalue weighted by Crippen LogP contribution is -2.48. The van der Waals surface area contributed by atoms with Crippen molar-refractivity contribution in [1.82, 2.24) is 10.2 Å². The van der Waals surface area contributed by atoms with Crippen LogP contribution < -0.4 is 11.1 Å². The normalized spacial score (nSPS) is 35.5. The zero-order chi connectivity index (χ0) is 15.8. The Balaban J connectivity index is 2.40. The molecule has 2 heterocycles. The van der Waals surface area contributed by atoms with Gasteiger partial charge in [0, 0.05) is 12.3 Å². The van der Waals surface area contributed by atoms with Crippen LogP contribution in [0, 0.1) is 18.3 Å². The number of aliphatic hydroxyl groups excluding tert-OH is 2. The van der Waals surface area contributed by atoms with E-state index in [4.69, 9.17) is 16.9 Å². The van der Waals surface area contributed by atoms with E-state index in [0.717, 1.165) is 0 Å². The Kier molecular flexibility index (Phi) is 3.74. The van der Waals surface area contributed by atoms with Crippen molar-refractivity contribution < 1.29 is 24.5 Å². The SMILES string of the molecule is C#C[C@]1(CO)O[C@@H](N2C=CC(=O)NC2=C)[C@@H](C(N)=O)[C@@H]1O. The Hall–Kier alpha value is -2.34. The van der Waals surface area contributed by atoms with Gasteiger partial charge < -0.3 is 30.9 Å². The van der Waals surface area contributed by atoms with Crippen molar-refractivity contribution in [3.05, 3.63) is 24.7 Å². The van der Waals surface area contributed by atoms with Gasteiger partial charge in [-0.15, -0.1) is 6.42 Å². The summed E-state index contributed by atoms with van der Waals surface area (Å²) in [6, 6.07) is 0. The molecule has 0 aromatic heterocycles. The van der Waals surface area contributed by atoms with E-state index in [0.29, 0.717) is 0 Å². The summed E-state index contributed by atoms with van der Waals surface area (Å²) in [7, 11) is 0. The third-order valence-corrected chi connectivity index (χ3v) is 3.50. The molecule has 5 N–H and O–H groups in total. The van der Waals surface area contributed by atoms with Crippen LogP contribution in [0.25, 0.3) is 0 Å². The predicted molar refractivity (Wildman–Crippen MR) is 70.5 cm³/mol. The third-order valence-electron chi connectivity index (χ3n) is 3.50. The average Bonchev–Trinajstić information content (AvgIpc) is 2.72. The lowest BCUT2D eigenvalue weighted by Gasteiger charge is -2.33. The first-order chi connectivity index (χ1) is 9.86. The molecule has 1 fully saturated rings. The fourth-order valence-corrected chi connectivity index (χ4v) is 2.35. The molecule has 2 amide bonds. The van der Waals surface area contributed by atoms with E-state index in [1.165, 1.54) is 17.2 Å². The molecule has 0 aromatic carbocycles. The lowest BCUT2D eigenvalue weighted by molar-refractivity contribution is -0.129. The summed E-state index contributed by atoms with van der Waals surface area (Å²) >= 11 is 0. The number of primary amides is 1. The highest BCUT2D eigenvalue weighted by molar-refractivity contribution is 5.89. The van der Waals surface area contributed by atoms with Crippen molar-refractivity contribution in [2.45, 2.75) is 17.9 Å². The van der Waals surface area contributed by atoms with Gasteiger partial charge in [0.15, 0.2) is 11.8 Å². The summed E-state index contributed by atoms with van der Waals surface area (Å²) in [6.07, 6.45) is 5.24. The smallest absolute Gasteiger partial charge is 0.250 e. The van der Waals surface area contributed by atoms with Gasteiger partial charge in [0.25, 0.3) is 5.91 Å². The fraction of sp³-hybridized carbons (Fsp3) is 0.385. The van der Waals surface area contributed by atoms with E-state index in [-0.39, 0.29) is 5.82 Å². The molecule has 0 bridgehead atoms. The summed E-state index contributed by atoms with van der Waals surface area (Å²) in [5.74, 6) is -0.155. The van der Waals surface area contributed by atoms with Crippen molar-refractivity contribution in [2.75, 3.05) is 6.61 Å². The number of ether oxygens (including phenoxy) is 1. The monoisotopic (exact) mass is 293 g/mol. The minimum atomic E-state index is -1.75. The van der Waals surface area contributed by atoms with E-state index < -0.39 is 42.3 Å². The number of aliphatic hydroxyl groups is 2. The summed E-state index contributed by atoms with van der Waals surface area (Å²) in [6.45, 7) is 2.93. The highest BCUT2D eigenvalue weighted by Gasteiger charge is 2.58. The van der Waals surface area contributed by atoms with E-state index in [2.05, 4.69) is 17.8 Å². The number of carbonyl (C=O) groups excluding carboxylic acids is 2. The Labute approximate surface area is 120 Å². The number of hydrogen-bond acceptors (Lipinski definition) is 6. The van der Waals surface area contributed by atoms with Gasteiger partial charge in [0.2, 0.25) is 5.91 Å². The van der Waals surface area contributed by atoms with Crippen LogP contribution in [-0.4, -0.2) is 51.5 Å². The van der Waals surface area contributed by atoms with Gasteiger partial charge in [-0.05, 0) is 0 Å². The van der Waals surface area contributed by atoms with E-state index in [1.54, 1.807) is 0 Å². The van der Waals surface area contributed by atoms with Crippen molar-refractivity contribution >= 4 is 11.8 Å². The van der Waals surface area contributed by atoms with Gasteiger partial charge in [0.1, 0.15) is 17.8 Å². The molecule has 2 rings (SSSR count). The molecule has 0 saturated carbocycles. The highest BCUT2D eigenvalue weighted by atomic mass is 16.6. The molecule has 0 spiro atoms. The Morgan fingerprint density at radius 2 is 2.38 bits per heavy atom. The summed E-state index contributed by atoms with van der Waals surface area (Å²) in [5, 5.41) is 22.0. The van der Waals surface area contributed by atoms with Crippen molar-refractivity contribution in [3.8, 4) is 12.3 Å². The standard InChI is InChI=1S/C13H15N3O5/c1-3-13(6-17)10(19)9(11(14)20)12(21-13)16-5-4-8(18)15-7(16)2/h1,4-5,9-10,12,17,19H,2,6H2,(H2,14,20)(H,15,18)/t9-,10+,12-,13-/m1/s1. The summed E-state index contributed by atoms with van der Waals surface area (Å²) in [4.78, 5) is 24.1. The number of nitrogens with two attached hydrogens (primary N) is 1. The number of nitrogens with one attached hydrogen (secondary N) is 1. The molecule has 4 atom stereocenters. The highest BCUT2D eigenvalue weighted by Crippen LogP contribution is 2.38. The van der Waals surface area contributed by atoms with Crippen LogP contribution in [0.1, 0.15) is 0 Å². The van der Waals surface area contributed by atoms with Gasteiger partial charge in [-0.3, -0.25) is 9.59 Å². The zero-order valence-corrected chi connectivity index (χ0v) is 11.0. The van der Waals surface area contributed by atoms with E-state index in [1.807, 2.05) is 0 Å². The maximum atomic E-state index is 11.6. The summed E-state index contributed by atoms with van der Waals surface area (Å²) < 4.78 is 5.50. The number of carbonyl (C=O) groups is 2. The molecule has 0 aliphatic carbocycles. The largest absolute Gasteiger partial charge is 0.392 e. The van der Waals surface area contributed by atoms with Crippen LogP contribution in [0.2, 0.25) is 0 Å². The second kappa shape index (κ2) is 5.21. The average molecular weight is 293 g/mol. The lowest BCUT2D eigenvalue weighted by atomic mass is 9.90. The van der Waals surface area contributed by atoms with Gasteiger partial charge in [-0.25, -0.2) is 0 Å². The Morgan fingerprint density at radius 1 is 1.71 bits per heavy atom. The van der Waals surface area contributed by atoms with Crippen molar-refractivity contribution in [2.24, 2.45) is 11.7 Å². The maximum absolute atomic E-state index is 11.6. The number of terminal acetylenes is 1. The van der Waals surface area contributed by atoms with E-state index in [9.17, 15) is 19.8 Å². The number of rotatable bonds is 3. The molecule has 8 heteroatoms. The molecule has 0 unspecified atom stereocenters. The van der Waals surface area contributed by atoms with Crippen molar-refractivity contribution in [1.29, 1.82) is 0 Å². The molecule has 2 aliphatic heterocycles. The summed E-state index contributed by atoms with van der Waals surface area (Å²) in [5.41, 5.74) is 3.54.